The van der Waals surface area contributed by atoms with Crippen LogP contribution in [0.25, 0.3) is 0 Å². The lowest BCUT2D eigenvalue weighted by atomic mass is 10.1. The van der Waals surface area contributed by atoms with Crippen molar-refractivity contribution in [2.24, 2.45) is 0 Å². The van der Waals surface area contributed by atoms with E-state index >= 15 is 0 Å². The van der Waals surface area contributed by atoms with Crippen molar-refractivity contribution in [3.63, 3.8) is 0 Å². The molecule has 2 saturated heterocycles. The molecule has 0 radical (unpaired) electrons. The van der Waals surface area contributed by atoms with E-state index in [0.717, 1.165) is 12.6 Å². The van der Waals surface area contributed by atoms with E-state index in [1.807, 2.05) is 12.1 Å². The molecule has 2 atom stereocenters. The number of aromatic hydroxyl groups is 1. The van der Waals surface area contributed by atoms with Crippen molar-refractivity contribution >= 4 is 0 Å². The SMILES string of the molecule is Oc1ccc(CNC2CCN3CCCC23)cc1. The Morgan fingerprint density at radius 3 is 2.82 bits per heavy atom. The van der Waals surface area contributed by atoms with Crippen molar-refractivity contribution in [3.8, 4) is 5.75 Å². The predicted octanol–water partition coefficient (Wildman–Crippen LogP) is 1.72. The van der Waals surface area contributed by atoms with E-state index in [1.54, 1.807) is 12.1 Å². The van der Waals surface area contributed by atoms with Crippen LogP contribution in [0.1, 0.15) is 24.8 Å². The number of rotatable bonds is 3. The van der Waals surface area contributed by atoms with Crippen LogP contribution in [-0.4, -0.2) is 35.2 Å². The number of fused-ring (bicyclic) bond motifs is 1. The predicted molar refractivity (Wildman–Crippen MR) is 67.9 cm³/mol. The molecule has 0 aliphatic carbocycles. The third-order valence-corrected chi connectivity index (χ3v) is 4.11. The minimum atomic E-state index is 0.344. The fourth-order valence-corrected chi connectivity index (χ4v) is 3.18. The fourth-order valence-electron chi connectivity index (χ4n) is 3.18. The quantitative estimate of drug-likeness (QED) is 0.833. The van der Waals surface area contributed by atoms with E-state index in [-0.39, 0.29) is 0 Å². The van der Waals surface area contributed by atoms with Gasteiger partial charge in [-0.2, -0.15) is 0 Å². The number of nitrogens with one attached hydrogen (secondary N) is 1. The van der Waals surface area contributed by atoms with Gasteiger partial charge in [-0.1, -0.05) is 12.1 Å². The highest BCUT2D eigenvalue weighted by Gasteiger charge is 2.36. The average molecular weight is 232 g/mol. The van der Waals surface area contributed by atoms with Crippen LogP contribution in [0, 0.1) is 0 Å². The Kier molecular flexibility index (Phi) is 3.04. The summed E-state index contributed by atoms with van der Waals surface area (Å²) in [5.74, 6) is 0.344. The summed E-state index contributed by atoms with van der Waals surface area (Å²) in [6, 6.07) is 8.92. The highest BCUT2D eigenvalue weighted by atomic mass is 16.3. The monoisotopic (exact) mass is 232 g/mol. The molecule has 2 fully saturated rings. The molecular formula is C14H20N2O. The zero-order valence-electron chi connectivity index (χ0n) is 10.1. The van der Waals surface area contributed by atoms with Crippen LogP contribution < -0.4 is 5.32 Å². The molecule has 0 spiro atoms. The molecule has 0 bridgehead atoms. The molecule has 1 aromatic rings. The summed E-state index contributed by atoms with van der Waals surface area (Å²) in [6.45, 7) is 3.47. The second-order valence-corrected chi connectivity index (χ2v) is 5.19. The van der Waals surface area contributed by atoms with E-state index < -0.39 is 0 Å². The van der Waals surface area contributed by atoms with Crippen LogP contribution in [0.2, 0.25) is 0 Å². The molecule has 0 aromatic heterocycles. The third-order valence-electron chi connectivity index (χ3n) is 4.11. The Morgan fingerprint density at radius 1 is 1.18 bits per heavy atom. The summed E-state index contributed by atoms with van der Waals surface area (Å²) in [5, 5.41) is 12.9. The van der Waals surface area contributed by atoms with Crippen molar-refractivity contribution in [1.29, 1.82) is 0 Å². The highest BCUT2D eigenvalue weighted by molar-refractivity contribution is 5.25. The van der Waals surface area contributed by atoms with Crippen LogP contribution in [0.4, 0.5) is 0 Å². The molecule has 3 nitrogen and oxygen atoms in total. The van der Waals surface area contributed by atoms with E-state index in [2.05, 4.69) is 10.2 Å². The van der Waals surface area contributed by atoms with E-state index in [1.165, 1.54) is 37.9 Å². The van der Waals surface area contributed by atoms with Gasteiger partial charge in [-0.15, -0.1) is 0 Å². The number of benzene rings is 1. The van der Waals surface area contributed by atoms with E-state index in [9.17, 15) is 5.11 Å². The van der Waals surface area contributed by atoms with Gasteiger partial charge in [-0.05, 0) is 43.5 Å². The molecule has 0 amide bonds. The number of nitrogens with zero attached hydrogens (tertiary/aromatic N) is 1. The van der Waals surface area contributed by atoms with Gasteiger partial charge in [0.15, 0.2) is 0 Å². The second kappa shape index (κ2) is 4.67. The third kappa shape index (κ3) is 2.31. The molecule has 3 rings (SSSR count). The zero-order valence-corrected chi connectivity index (χ0v) is 10.1. The maximum absolute atomic E-state index is 9.23. The summed E-state index contributed by atoms with van der Waals surface area (Å²) in [5.41, 5.74) is 1.25. The summed E-state index contributed by atoms with van der Waals surface area (Å²) in [6.07, 6.45) is 4.00. The first kappa shape index (κ1) is 11.1. The van der Waals surface area contributed by atoms with Crippen molar-refractivity contribution in [2.75, 3.05) is 13.1 Å². The molecule has 1 aromatic carbocycles. The fraction of sp³-hybridized carbons (Fsp3) is 0.571. The molecular weight excluding hydrogens is 212 g/mol. The molecule has 17 heavy (non-hydrogen) atoms. The topological polar surface area (TPSA) is 35.5 Å². The average Bonchev–Trinajstić information content (AvgIpc) is 2.91. The van der Waals surface area contributed by atoms with Gasteiger partial charge in [0.05, 0.1) is 0 Å². The Morgan fingerprint density at radius 2 is 2.00 bits per heavy atom. The normalized spacial score (nSPS) is 28.5. The van der Waals surface area contributed by atoms with Crippen LogP contribution in [0.3, 0.4) is 0 Å². The minimum Gasteiger partial charge on any atom is -0.508 e. The van der Waals surface area contributed by atoms with Gasteiger partial charge in [0.2, 0.25) is 0 Å². The van der Waals surface area contributed by atoms with Crippen LogP contribution in [-0.2, 0) is 6.54 Å². The summed E-state index contributed by atoms with van der Waals surface area (Å²) in [4.78, 5) is 2.62. The zero-order chi connectivity index (χ0) is 11.7. The van der Waals surface area contributed by atoms with Crippen molar-refractivity contribution < 1.29 is 5.11 Å². The Balaban J connectivity index is 1.56. The smallest absolute Gasteiger partial charge is 0.115 e. The molecule has 2 aliphatic rings. The lowest BCUT2D eigenvalue weighted by Crippen LogP contribution is -2.38. The van der Waals surface area contributed by atoms with E-state index in [0.29, 0.717) is 11.8 Å². The van der Waals surface area contributed by atoms with Crippen molar-refractivity contribution in [2.45, 2.75) is 37.9 Å². The molecule has 2 N–H and O–H groups in total. The lowest BCUT2D eigenvalue weighted by molar-refractivity contribution is 0.298. The maximum atomic E-state index is 9.23. The standard InChI is InChI=1S/C14H20N2O/c17-12-5-3-11(4-6-12)10-15-13-7-9-16-8-1-2-14(13)16/h3-6,13-15,17H,1-2,7-10H2. The van der Waals surface area contributed by atoms with Gasteiger partial charge in [-0.3, -0.25) is 4.90 Å². The summed E-state index contributed by atoms with van der Waals surface area (Å²) in [7, 11) is 0. The first-order valence-electron chi connectivity index (χ1n) is 6.58. The van der Waals surface area contributed by atoms with Gasteiger partial charge in [0, 0.05) is 25.2 Å². The van der Waals surface area contributed by atoms with Crippen LogP contribution >= 0.6 is 0 Å². The number of phenols is 1. The Hall–Kier alpha value is -1.06. The summed E-state index contributed by atoms with van der Waals surface area (Å²) >= 11 is 0. The minimum absolute atomic E-state index is 0.344. The first-order chi connectivity index (χ1) is 8.33. The largest absolute Gasteiger partial charge is 0.508 e. The van der Waals surface area contributed by atoms with Crippen LogP contribution in [0.15, 0.2) is 24.3 Å². The molecule has 0 saturated carbocycles. The van der Waals surface area contributed by atoms with Gasteiger partial charge >= 0.3 is 0 Å². The van der Waals surface area contributed by atoms with E-state index in [4.69, 9.17) is 0 Å². The first-order valence-corrected chi connectivity index (χ1v) is 6.58. The number of phenolic OH excluding ortho intramolecular Hbond substituents is 1. The molecule has 2 heterocycles. The Labute approximate surface area is 102 Å². The highest BCUT2D eigenvalue weighted by Crippen LogP contribution is 2.28. The van der Waals surface area contributed by atoms with Gasteiger partial charge in [0.25, 0.3) is 0 Å². The molecule has 2 unspecified atom stereocenters. The van der Waals surface area contributed by atoms with Gasteiger partial charge < -0.3 is 10.4 Å². The molecule has 2 aliphatic heterocycles. The maximum Gasteiger partial charge on any atom is 0.115 e. The second-order valence-electron chi connectivity index (χ2n) is 5.19. The van der Waals surface area contributed by atoms with Crippen molar-refractivity contribution in [1.82, 2.24) is 10.2 Å². The number of hydrogen-bond acceptors (Lipinski definition) is 3. The Bertz CT molecular complexity index is 376. The summed E-state index contributed by atoms with van der Waals surface area (Å²) < 4.78 is 0. The van der Waals surface area contributed by atoms with Crippen LogP contribution in [0.5, 0.6) is 5.75 Å². The lowest BCUT2D eigenvalue weighted by Gasteiger charge is -2.21. The molecule has 92 valence electrons. The van der Waals surface area contributed by atoms with Gasteiger partial charge in [-0.25, -0.2) is 0 Å². The molecule has 3 heteroatoms. The van der Waals surface area contributed by atoms with Crippen molar-refractivity contribution in [3.05, 3.63) is 29.8 Å². The van der Waals surface area contributed by atoms with Gasteiger partial charge in [0.1, 0.15) is 5.75 Å². The number of hydrogen-bond donors (Lipinski definition) is 2.